The van der Waals surface area contributed by atoms with E-state index in [0.29, 0.717) is 17.0 Å². The van der Waals surface area contributed by atoms with Gasteiger partial charge in [-0.15, -0.1) is 0 Å². The molecule has 0 fully saturated rings. The van der Waals surface area contributed by atoms with Crippen molar-refractivity contribution in [2.45, 2.75) is 26.3 Å². The minimum atomic E-state index is -0.477. The van der Waals surface area contributed by atoms with Gasteiger partial charge in [0.05, 0.1) is 11.1 Å². The van der Waals surface area contributed by atoms with E-state index in [0.717, 1.165) is 4.47 Å². The van der Waals surface area contributed by atoms with Gasteiger partial charge in [-0.3, -0.25) is 9.59 Å². The Kier molecular flexibility index (Phi) is 5.15. The van der Waals surface area contributed by atoms with Gasteiger partial charge in [0, 0.05) is 16.5 Å². The van der Waals surface area contributed by atoms with Crippen LogP contribution in [0.15, 0.2) is 22.7 Å². The Bertz CT molecular complexity index is 448. The van der Waals surface area contributed by atoms with Crippen LogP contribution in [0.2, 0.25) is 5.02 Å². The lowest BCUT2D eigenvalue weighted by Crippen LogP contribution is -2.38. The van der Waals surface area contributed by atoms with Crippen LogP contribution in [-0.2, 0) is 4.79 Å². The van der Waals surface area contributed by atoms with Gasteiger partial charge in [-0.05, 0) is 41.1 Å². The summed E-state index contributed by atoms with van der Waals surface area (Å²) < 4.78 is 0.730. The molecule has 17 heavy (non-hydrogen) atoms. The Hall–Kier alpha value is -0.870. The highest BCUT2D eigenvalue weighted by Gasteiger charge is 2.15. The summed E-state index contributed by atoms with van der Waals surface area (Å²) >= 11 is 9.14. The van der Waals surface area contributed by atoms with Crippen LogP contribution < -0.4 is 5.32 Å². The normalized spacial score (nSPS) is 12.0. The standard InChI is InChI=1S/C12H13BrClNO2/c1-3-11(16)7(2)15-12(17)8-4-5-9(13)10(14)6-8/h4-7H,3H2,1-2H3,(H,15,17). The van der Waals surface area contributed by atoms with Crippen LogP contribution in [0.4, 0.5) is 0 Å². The number of Topliss-reactive ketones (excluding diaryl/α,β-unsaturated/α-hetero) is 1. The molecule has 5 heteroatoms. The van der Waals surface area contributed by atoms with Crippen molar-refractivity contribution in [3.63, 3.8) is 0 Å². The second kappa shape index (κ2) is 6.17. The molecule has 0 spiro atoms. The first-order valence-electron chi connectivity index (χ1n) is 5.24. The third kappa shape index (κ3) is 3.82. The van der Waals surface area contributed by atoms with Crippen LogP contribution in [-0.4, -0.2) is 17.7 Å². The van der Waals surface area contributed by atoms with Crippen LogP contribution in [0.3, 0.4) is 0 Å². The summed E-state index contributed by atoms with van der Waals surface area (Å²) in [5, 5.41) is 3.10. The second-order valence-corrected chi connectivity index (χ2v) is 4.91. The molecule has 1 N–H and O–H groups in total. The topological polar surface area (TPSA) is 46.2 Å². The average molecular weight is 319 g/mol. The predicted molar refractivity (Wildman–Crippen MR) is 71.4 cm³/mol. The maximum Gasteiger partial charge on any atom is 0.251 e. The van der Waals surface area contributed by atoms with Gasteiger partial charge in [0.1, 0.15) is 0 Å². The molecular formula is C12H13BrClNO2. The van der Waals surface area contributed by atoms with Crippen molar-refractivity contribution in [2.75, 3.05) is 0 Å². The highest BCUT2D eigenvalue weighted by atomic mass is 79.9. The number of benzene rings is 1. The number of hydrogen-bond donors (Lipinski definition) is 1. The van der Waals surface area contributed by atoms with Crippen molar-refractivity contribution >= 4 is 39.2 Å². The van der Waals surface area contributed by atoms with Crippen molar-refractivity contribution in [3.05, 3.63) is 33.3 Å². The monoisotopic (exact) mass is 317 g/mol. The molecule has 1 rings (SSSR count). The molecule has 0 aromatic heterocycles. The number of ketones is 1. The molecule has 0 heterocycles. The van der Waals surface area contributed by atoms with Crippen LogP contribution >= 0.6 is 27.5 Å². The molecule has 0 radical (unpaired) electrons. The fourth-order valence-electron chi connectivity index (χ4n) is 1.30. The van der Waals surface area contributed by atoms with Crippen molar-refractivity contribution in [1.29, 1.82) is 0 Å². The zero-order chi connectivity index (χ0) is 13.0. The highest BCUT2D eigenvalue weighted by Crippen LogP contribution is 2.23. The molecule has 1 unspecified atom stereocenters. The highest BCUT2D eigenvalue weighted by molar-refractivity contribution is 9.10. The van der Waals surface area contributed by atoms with Gasteiger partial charge in [0.2, 0.25) is 0 Å². The van der Waals surface area contributed by atoms with Crippen molar-refractivity contribution in [1.82, 2.24) is 5.32 Å². The molecule has 0 bridgehead atoms. The van der Waals surface area contributed by atoms with E-state index in [9.17, 15) is 9.59 Å². The molecule has 0 saturated carbocycles. The number of amides is 1. The minimum Gasteiger partial charge on any atom is -0.343 e. The molecule has 1 amide bonds. The Labute approximate surface area is 114 Å². The number of carbonyl (C=O) groups is 2. The smallest absolute Gasteiger partial charge is 0.251 e. The summed E-state index contributed by atoms with van der Waals surface area (Å²) in [6.45, 7) is 3.44. The first kappa shape index (κ1) is 14.2. The van der Waals surface area contributed by atoms with Gasteiger partial charge < -0.3 is 5.32 Å². The summed E-state index contributed by atoms with van der Waals surface area (Å²) in [4.78, 5) is 23.2. The third-order valence-corrected chi connectivity index (χ3v) is 3.59. The van der Waals surface area contributed by atoms with E-state index >= 15 is 0 Å². The summed E-state index contributed by atoms with van der Waals surface area (Å²) in [6, 6.07) is 4.43. The van der Waals surface area contributed by atoms with E-state index in [-0.39, 0.29) is 11.7 Å². The van der Waals surface area contributed by atoms with Gasteiger partial charge >= 0.3 is 0 Å². The summed E-state index contributed by atoms with van der Waals surface area (Å²) in [6.07, 6.45) is 0.405. The lowest BCUT2D eigenvalue weighted by atomic mass is 10.1. The van der Waals surface area contributed by atoms with Crippen molar-refractivity contribution in [3.8, 4) is 0 Å². The van der Waals surface area contributed by atoms with Crippen LogP contribution in [0.25, 0.3) is 0 Å². The number of nitrogens with one attached hydrogen (secondary N) is 1. The fraction of sp³-hybridized carbons (Fsp3) is 0.333. The quantitative estimate of drug-likeness (QED) is 0.926. The largest absolute Gasteiger partial charge is 0.343 e. The maximum absolute atomic E-state index is 11.8. The first-order valence-corrected chi connectivity index (χ1v) is 6.41. The summed E-state index contributed by atoms with van der Waals surface area (Å²) in [7, 11) is 0. The van der Waals surface area contributed by atoms with Crippen LogP contribution in [0.5, 0.6) is 0 Å². The Balaban J connectivity index is 2.76. The number of carbonyl (C=O) groups excluding carboxylic acids is 2. The molecule has 1 aromatic carbocycles. The lowest BCUT2D eigenvalue weighted by molar-refractivity contribution is -0.120. The first-order chi connectivity index (χ1) is 7.95. The van der Waals surface area contributed by atoms with E-state index in [2.05, 4.69) is 21.2 Å². The molecule has 0 saturated heterocycles. The van der Waals surface area contributed by atoms with Crippen LogP contribution in [0.1, 0.15) is 30.6 Å². The van der Waals surface area contributed by atoms with Gasteiger partial charge in [-0.1, -0.05) is 18.5 Å². The Morgan fingerprint density at radius 2 is 2.12 bits per heavy atom. The second-order valence-electron chi connectivity index (χ2n) is 3.64. The van der Waals surface area contributed by atoms with Gasteiger partial charge in [-0.2, -0.15) is 0 Å². The van der Waals surface area contributed by atoms with Crippen molar-refractivity contribution < 1.29 is 9.59 Å². The molecular weight excluding hydrogens is 305 g/mol. The number of hydrogen-bond acceptors (Lipinski definition) is 2. The zero-order valence-electron chi connectivity index (χ0n) is 9.59. The number of rotatable bonds is 4. The van der Waals surface area contributed by atoms with E-state index in [1.165, 1.54) is 0 Å². The molecule has 92 valence electrons. The maximum atomic E-state index is 11.8. The third-order valence-electron chi connectivity index (χ3n) is 2.36. The molecule has 3 nitrogen and oxygen atoms in total. The van der Waals surface area contributed by atoms with E-state index < -0.39 is 6.04 Å². The Morgan fingerprint density at radius 3 is 2.65 bits per heavy atom. The van der Waals surface area contributed by atoms with Crippen molar-refractivity contribution in [2.24, 2.45) is 0 Å². The molecule has 1 atom stereocenters. The summed E-state index contributed by atoms with van der Waals surface area (Å²) in [5.74, 6) is -0.296. The lowest BCUT2D eigenvalue weighted by Gasteiger charge is -2.12. The average Bonchev–Trinajstić information content (AvgIpc) is 2.31. The van der Waals surface area contributed by atoms with Gasteiger partial charge in [-0.25, -0.2) is 0 Å². The molecule has 0 aliphatic heterocycles. The van der Waals surface area contributed by atoms with E-state index in [1.807, 2.05) is 0 Å². The minimum absolute atomic E-state index is 0.00144. The van der Waals surface area contributed by atoms with E-state index in [1.54, 1.807) is 32.0 Å². The van der Waals surface area contributed by atoms with E-state index in [4.69, 9.17) is 11.6 Å². The zero-order valence-corrected chi connectivity index (χ0v) is 11.9. The molecule has 0 aliphatic carbocycles. The molecule has 1 aromatic rings. The predicted octanol–water partition coefficient (Wildman–Crippen LogP) is 3.20. The summed E-state index contributed by atoms with van der Waals surface area (Å²) in [5.41, 5.74) is 0.439. The van der Waals surface area contributed by atoms with Crippen LogP contribution in [0, 0.1) is 0 Å². The van der Waals surface area contributed by atoms with Gasteiger partial charge in [0.15, 0.2) is 5.78 Å². The van der Waals surface area contributed by atoms with Gasteiger partial charge in [0.25, 0.3) is 5.91 Å². The fourth-order valence-corrected chi connectivity index (χ4v) is 1.73. The SMILES string of the molecule is CCC(=O)C(C)NC(=O)c1ccc(Br)c(Cl)c1. The Morgan fingerprint density at radius 1 is 1.47 bits per heavy atom. The molecule has 0 aliphatic rings. The number of halogens is 2.